The third-order valence-electron chi connectivity index (χ3n) is 6.14. The van der Waals surface area contributed by atoms with E-state index in [0.717, 1.165) is 19.3 Å². The first-order valence-electron chi connectivity index (χ1n) is 12.9. The van der Waals surface area contributed by atoms with E-state index in [2.05, 4.69) is 12.1 Å². The molecule has 8 heteroatoms. The van der Waals surface area contributed by atoms with E-state index >= 15 is 0 Å². The van der Waals surface area contributed by atoms with Crippen molar-refractivity contribution < 1.29 is 33.3 Å². The number of aromatic hydroxyl groups is 1. The zero-order valence-corrected chi connectivity index (χ0v) is 22.3. The number of benzene rings is 3. The van der Waals surface area contributed by atoms with Gasteiger partial charge in [-0.05, 0) is 56.9 Å². The molecule has 3 aromatic carbocycles. The highest BCUT2D eigenvalue weighted by Crippen LogP contribution is 2.36. The highest BCUT2D eigenvalue weighted by atomic mass is 16.6. The first-order chi connectivity index (χ1) is 18.9. The molecule has 39 heavy (non-hydrogen) atoms. The summed E-state index contributed by atoms with van der Waals surface area (Å²) in [5, 5.41) is 10.4. The summed E-state index contributed by atoms with van der Waals surface area (Å²) in [5.41, 5.74) is 1.58. The van der Waals surface area contributed by atoms with Crippen LogP contribution < -0.4 is 19.6 Å². The van der Waals surface area contributed by atoms with Gasteiger partial charge in [0.1, 0.15) is 28.2 Å². The molecular weight excluding hydrogens is 500 g/mol. The van der Waals surface area contributed by atoms with Crippen molar-refractivity contribution >= 4 is 16.9 Å². The molecule has 0 bridgehead atoms. The van der Waals surface area contributed by atoms with E-state index in [4.69, 9.17) is 23.4 Å². The number of aryl methyl sites for hydroxylation is 1. The molecule has 0 saturated carbocycles. The number of phenols is 1. The minimum Gasteiger partial charge on any atom is -0.507 e. The van der Waals surface area contributed by atoms with Gasteiger partial charge in [-0.15, -0.1) is 0 Å². The van der Waals surface area contributed by atoms with Gasteiger partial charge in [0.2, 0.25) is 0 Å². The van der Waals surface area contributed by atoms with Gasteiger partial charge < -0.3 is 28.5 Å². The van der Waals surface area contributed by atoms with Crippen LogP contribution in [-0.4, -0.2) is 37.5 Å². The maximum Gasteiger partial charge on any atom is 0.344 e. The second kappa shape index (κ2) is 12.9. The smallest absolute Gasteiger partial charge is 0.344 e. The lowest BCUT2D eigenvalue weighted by Gasteiger charge is -2.18. The third kappa shape index (κ3) is 7.10. The van der Waals surface area contributed by atoms with E-state index in [0.29, 0.717) is 17.1 Å². The number of phenolic OH excluding ortho intramolecular Hbond substituents is 1. The van der Waals surface area contributed by atoms with Crippen LogP contribution in [0.4, 0.5) is 0 Å². The van der Waals surface area contributed by atoms with Gasteiger partial charge in [-0.3, -0.25) is 4.79 Å². The lowest BCUT2D eigenvalue weighted by molar-refractivity contribution is -0.145. The minimum atomic E-state index is -0.549. The molecule has 0 fully saturated rings. The van der Waals surface area contributed by atoms with Crippen molar-refractivity contribution in [3.63, 3.8) is 0 Å². The molecular formula is C31H32O8. The molecule has 0 aliphatic rings. The van der Waals surface area contributed by atoms with Crippen molar-refractivity contribution in [2.75, 3.05) is 20.3 Å². The Balaban J connectivity index is 1.55. The van der Waals surface area contributed by atoms with Crippen LogP contribution in [0.1, 0.15) is 32.3 Å². The zero-order chi connectivity index (χ0) is 27.8. The zero-order valence-electron chi connectivity index (χ0n) is 22.3. The standard InChI is InChI=1S/C31H32O8/c1-4-36-30(34)19-37-23-16-24(32)31-25(33)18-27(39-29(31)17-23)22-13-14-26(35-3)28(15-22)38-20(2)9-8-12-21-10-6-5-7-11-21/h5-7,10-11,13-18,20,32H,4,8-9,12,19H2,1-3H3. The first-order valence-corrected chi connectivity index (χ1v) is 12.9. The van der Waals surface area contributed by atoms with E-state index in [9.17, 15) is 14.7 Å². The Morgan fingerprint density at radius 1 is 1.03 bits per heavy atom. The molecule has 0 radical (unpaired) electrons. The number of esters is 1. The van der Waals surface area contributed by atoms with Gasteiger partial charge in [-0.1, -0.05) is 30.3 Å². The molecule has 1 heterocycles. The first kappa shape index (κ1) is 27.6. The van der Waals surface area contributed by atoms with Crippen LogP contribution in [0.5, 0.6) is 23.0 Å². The Hall–Kier alpha value is -4.46. The molecule has 4 aromatic rings. The molecule has 1 aromatic heterocycles. The Kier molecular flexibility index (Phi) is 9.10. The molecule has 0 aliphatic carbocycles. The second-order valence-corrected chi connectivity index (χ2v) is 9.06. The minimum absolute atomic E-state index is 0.0132. The monoisotopic (exact) mass is 532 g/mol. The molecule has 0 amide bonds. The van der Waals surface area contributed by atoms with E-state index in [-0.39, 0.29) is 47.5 Å². The number of carbonyl (C=O) groups is 1. The maximum atomic E-state index is 12.9. The summed E-state index contributed by atoms with van der Waals surface area (Å²) in [4.78, 5) is 24.5. The number of rotatable bonds is 12. The highest BCUT2D eigenvalue weighted by Gasteiger charge is 2.16. The van der Waals surface area contributed by atoms with Gasteiger partial charge in [-0.2, -0.15) is 0 Å². The quantitative estimate of drug-likeness (QED) is 0.225. The van der Waals surface area contributed by atoms with Crippen molar-refractivity contribution in [1.82, 2.24) is 0 Å². The molecule has 204 valence electrons. The summed E-state index contributed by atoms with van der Waals surface area (Å²) in [6.45, 7) is 3.58. The highest BCUT2D eigenvalue weighted by molar-refractivity contribution is 5.86. The largest absolute Gasteiger partial charge is 0.507 e. The number of hydrogen-bond donors (Lipinski definition) is 1. The van der Waals surface area contributed by atoms with Crippen molar-refractivity contribution in [1.29, 1.82) is 0 Å². The average Bonchev–Trinajstić information content (AvgIpc) is 2.92. The SMILES string of the molecule is CCOC(=O)COc1cc(O)c2c(=O)cc(-c3ccc(OC)c(OC(C)CCCc4ccccc4)c3)oc2c1. The Morgan fingerprint density at radius 3 is 2.56 bits per heavy atom. The molecule has 0 spiro atoms. The summed E-state index contributed by atoms with van der Waals surface area (Å²) in [6.07, 6.45) is 2.71. The fourth-order valence-electron chi connectivity index (χ4n) is 4.25. The molecule has 4 rings (SSSR count). The van der Waals surface area contributed by atoms with Crippen molar-refractivity contribution in [2.24, 2.45) is 0 Å². The molecule has 1 unspecified atom stereocenters. The summed E-state index contributed by atoms with van der Waals surface area (Å²) in [7, 11) is 1.57. The normalized spacial score (nSPS) is 11.7. The Bertz CT molecular complexity index is 1480. The van der Waals surface area contributed by atoms with Gasteiger partial charge in [0, 0.05) is 23.8 Å². The summed E-state index contributed by atoms with van der Waals surface area (Å²) < 4.78 is 28.0. The van der Waals surface area contributed by atoms with Crippen LogP contribution in [-0.2, 0) is 16.0 Å². The number of hydrogen-bond acceptors (Lipinski definition) is 8. The van der Waals surface area contributed by atoms with Crippen molar-refractivity contribution in [3.8, 4) is 34.3 Å². The molecule has 0 aliphatic heterocycles. The van der Waals surface area contributed by atoms with Gasteiger partial charge in [-0.25, -0.2) is 4.79 Å². The van der Waals surface area contributed by atoms with E-state index in [1.807, 2.05) is 25.1 Å². The van der Waals surface area contributed by atoms with Crippen LogP contribution in [0.15, 0.2) is 75.9 Å². The average molecular weight is 533 g/mol. The van der Waals surface area contributed by atoms with E-state index in [1.165, 1.54) is 23.8 Å². The summed E-state index contributed by atoms with van der Waals surface area (Å²) >= 11 is 0. The number of carbonyl (C=O) groups excluding carboxylic acids is 1. The fourth-order valence-corrected chi connectivity index (χ4v) is 4.25. The van der Waals surface area contributed by atoms with Crippen LogP contribution in [0.25, 0.3) is 22.3 Å². The van der Waals surface area contributed by atoms with Crippen molar-refractivity contribution in [3.05, 3.63) is 82.5 Å². The number of fused-ring (bicyclic) bond motifs is 1. The molecule has 1 N–H and O–H groups in total. The lowest BCUT2D eigenvalue weighted by atomic mass is 10.1. The third-order valence-corrected chi connectivity index (χ3v) is 6.14. The van der Waals surface area contributed by atoms with Crippen LogP contribution >= 0.6 is 0 Å². The van der Waals surface area contributed by atoms with Crippen LogP contribution in [0, 0.1) is 0 Å². The number of ether oxygens (including phenoxy) is 4. The van der Waals surface area contributed by atoms with Crippen LogP contribution in [0.3, 0.4) is 0 Å². The van der Waals surface area contributed by atoms with Gasteiger partial charge in [0.05, 0.1) is 19.8 Å². The maximum absolute atomic E-state index is 12.9. The fraction of sp³-hybridized carbons (Fsp3) is 0.290. The predicted molar refractivity (Wildman–Crippen MR) is 148 cm³/mol. The predicted octanol–water partition coefficient (Wildman–Crippen LogP) is 5.91. The Morgan fingerprint density at radius 2 is 1.82 bits per heavy atom. The molecule has 1 atom stereocenters. The lowest BCUT2D eigenvalue weighted by Crippen LogP contribution is -2.14. The topological polar surface area (TPSA) is 104 Å². The van der Waals surface area contributed by atoms with Gasteiger partial charge >= 0.3 is 5.97 Å². The summed E-state index contributed by atoms with van der Waals surface area (Å²) in [5.74, 6) is 0.667. The van der Waals surface area contributed by atoms with Gasteiger partial charge in [0.15, 0.2) is 23.5 Å². The van der Waals surface area contributed by atoms with E-state index in [1.54, 1.807) is 32.2 Å². The van der Waals surface area contributed by atoms with E-state index < -0.39 is 11.4 Å². The number of methoxy groups -OCH3 is 1. The van der Waals surface area contributed by atoms with Crippen LogP contribution in [0.2, 0.25) is 0 Å². The summed E-state index contributed by atoms with van der Waals surface area (Å²) in [6, 6.07) is 19.6. The second-order valence-electron chi connectivity index (χ2n) is 9.06. The van der Waals surface area contributed by atoms with Gasteiger partial charge in [0.25, 0.3) is 0 Å². The molecule has 0 saturated heterocycles. The molecule has 8 nitrogen and oxygen atoms in total. The van der Waals surface area contributed by atoms with Crippen molar-refractivity contribution in [2.45, 2.75) is 39.2 Å². The Labute approximate surface area is 226 Å².